The van der Waals surface area contributed by atoms with Crippen LogP contribution in [0.25, 0.3) is 11.2 Å². The Bertz CT molecular complexity index is 1800. The Morgan fingerprint density at radius 3 is 2.00 bits per heavy atom. The third-order valence-electron chi connectivity index (χ3n) is 7.22. The molecule has 0 bridgehead atoms. The van der Waals surface area contributed by atoms with Crippen molar-refractivity contribution < 1.29 is 33.3 Å². The second kappa shape index (κ2) is 12.2. The highest BCUT2D eigenvalue weighted by Crippen LogP contribution is 2.45. The Hall–Kier alpha value is -5.13. The zero-order valence-corrected chi connectivity index (χ0v) is 24.0. The fourth-order valence-electron chi connectivity index (χ4n) is 5.05. The van der Waals surface area contributed by atoms with Gasteiger partial charge in [-0.1, -0.05) is 66.2 Å². The van der Waals surface area contributed by atoms with Crippen LogP contribution in [0.5, 0.6) is 0 Å². The van der Waals surface area contributed by atoms with Crippen LogP contribution in [0.2, 0.25) is 5.15 Å². The van der Waals surface area contributed by atoms with E-state index in [0.717, 1.165) is 0 Å². The minimum absolute atomic E-state index is 0.107. The van der Waals surface area contributed by atoms with E-state index in [9.17, 15) is 14.4 Å². The summed E-state index contributed by atoms with van der Waals surface area (Å²) in [5, 5.41) is 0.107. The largest absolute Gasteiger partial charge is 0.459 e. The van der Waals surface area contributed by atoms with Gasteiger partial charge in [0.1, 0.15) is 24.6 Å². The van der Waals surface area contributed by atoms with E-state index in [1.165, 1.54) is 17.2 Å². The minimum Gasteiger partial charge on any atom is -0.459 e. The SMILES string of the molecule is C[C@@]1(OC(=O)c2ccccc2)C(OC(=O)c2ccccc2)C(COC(=O)c2ccccc2)OC1n1cnc2c(Cl)ncnc21. The monoisotopic (exact) mass is 612 g/mol. The molecule has 5 aromatic rings. The summed E-state index contributed by atoms with van der Waals surface area (Å²) in [6.07, 6.45) is -0.814. The Balaban J connectivity index is 1.41. The number of benzene rings is 3. The van der Waals surface area contributed by atoms with Gasteiger partial charge < -0.3 is 18.9 Å². The second-order valence-corrected chi connectivity index (χ2v) is 10.5. The van der Waals surface area contributed by atoms with Gasteiger partial charge in [0.25, 0.3) is 0 Å². The van der Waals surface area contributed by atoms with Crippen LogP contribution in [0.3, 0.4) is 0 Å². The average Bonchev–Trinajstić information content (AvgIpc) is 3.60. The number of halogens is 1. The number of hydrogen-bond donors (Lipinski definition) is 0. The van der Waals surface area contributed by atoms with Crippen LogP contribution >= 0.6 is 11.6 Å². The summed E-state index contributed by atoms with van der Waals surface area (Å²) in [5.41, 5.74) is -0.268. The number of rotatable bonds is 8. The number of aromatic nitrogens is 4. The third-order valence-corrected chi connectivity index (χ3v) is 7.49. The summed E-state index contributed by atoms with van der Waals surface area (Å²) in [7, 11) is 0. The summed E-state index contributed by atoms with van der Waals surface area (Å²) in [6.45, 7) is 1.24. The van der Waals surface area contributed by atoms with E-state index >= 15 is 0 Å². The molecule has 0 aliphatic carbocycles. The average molecular weight is 613 g/mol. The zero-order valence-electron chi connectivity index (χ0n) is 23.3. The fraction of sp³-hybridized carbons (Fsp3) is 0.188. The van der Waals surface area contributed by atoms with Crippen LogP contribution in [-0.4, -0.2) is 61.8 Å². The molecule has 1 fully saturated rings. The van der Waals surface area contributed by atoms with Gasteiger partial charge in [0.2, 0.25) is 0 Å². The van der Waals surface area contributed by atoms with Crippen molar-refractivity contribution in [3.8, 4) is 0 Å². The molecule has 3 unspecified atom stereocenters. The smallest absolute Gasteiger partial charge is 0.338 e. The molecule has 0 radical (unpaired) electrons. The molecular weight excluding hydrogens is 588 g/mol. The molecule has 222 valence electrons. The molecule has 4 atom stereocenters. The van der Waals surface area contributed by atoms with Crippen molar-refractivity contribution in [3.63, 3.8) is 0 Å². The van der Waals surface area contributed by atoms with Gasteiger partial charge in [-0.05, 0) is 43.3 Å². The van der Waals surface area contributed by atoms with E-state index in [-0.39, 0.29) is 34.1 Å². The molecule has 11 nitrogen and oxygen atoms in total. The summed E-state index contributed by atoms with van der Waals surface area (Å²) in [4.78, 5) is 52.4. The Labute approximate surface area is 256 Å². The van der Waals surface area contributed by atoms with E-state index in [4.69, 9.17) is 30.5 Å². The Morgan fingerprint density at radius 1 is 0.818 bits per heavy atom. The Kier molecular flexibility index (Phi) is 8.05. The molecule has 3 aromatic carbocycles. The van der Waals surface area contributed by atoms with E-state index in [0.29, 0.717) is 5.56 Å². The first kappa shape index (κ1) is 29.0. The van der Waals surface area contributed by atoms with Crippen molar-refractivity contribution in [1.29, 1.82) is 0 Å². The highest BCUT2D eigenvalue weighted by atomic mass is 35.5. The van der Waals surface area contributed by atoms with Crippen molar-refractivity contribution >= 4 is 40.7 Å². The molecule has 2 aromatic heterocycles. The van der Waals surface area contributed by atoms with Crippen molar-refractivity contribution in [3.05, 3.63) is 125 Å². The Morgan fingerprint density at radius 2 is 1.39 bits per heavy atom. The molecule has 0 spiro atoms. The summed E-state index contributed by atoms with van der Waals surface area (Å²) in [5.74, 6) is -2.00. The molecule has 0 N–H and O–H groups in total. The van der Waals surface area contributed by atoms with Crippen LogP contribution in [0, 0.1) is 0 Å². The van der Waals surface area contributed by atoms with E-state index in [1.807, 2.05) is 0 Å². The van der Waals surface area contributed by atoms with Crippen LogP contribution in [0.4, 0.5) is 0 Å². The molecule has 0 saturated carbocycles. The lowest BCUT2D eigenvalue weighted by molar-refractivity contribution is -0.108. The van der Waals surface area contributed by atoms with Crippen molar-refractivity contribution in [2.24, 2.45) is 0 Å². The topological polar surface area (TPSA) is 132 Å². The number of carbonyl (C=O) groups is 3. The van der Waals surface area contributed by atoms with Gasteiger partial charge in [0.05, 0.1) is 23.0 Å². The molecule has 12 heteroatoms. The molecule has 6 rings (SSSR count). The quantitative estimate of drug-likeness (QED) is 0.133. The zero-order chi connectivity index (χ0) is 30.7. The molecular formula is C32H25ClN4O7. The maximum absolute atomic E-state index is 13.5. The number of fused-ring (bicyclic) bond motifs is 1. The van der Waals surface area contributed by atoms with Gasteiger partial charge in [-0.25, -0.2) is 29.3 Å². The minimum atomic E-state index is -1.69. The van der Waals surface area contributed by atoms with E-state index in [2.05, 4.69) is 15.0 Å². The number of ether oxygens (including phenoxy) is 4. The van der Waals surface area contributed by atoms with Crippen molar-refractivity contribution in [2.75, 3.05) is 6.61 Å². The molecule has 1 aliphatic rings. The molecule has 3 heterocycles. The van der Waals surface area contributed by atoms with E-state index < -0.39 is 41.9 Å². The number of esters is 3. The second-order valence-electron chi connectivity index (χ2n) is 10.1. The lowest BCUT2D eigenvalue weighted by Gasteiger charge is -2.34. The number of carbonyl (C=O) groups excluding carboxylic acids is 3. The number of hydrogen-bond acceptors (Lipinski definition) is 10. The summed E-state index contributed by atoms with van der Waals surface area (Å²) < 4.78 is 25.8. The first-order valence-electron chi connectivity index (χ1n) is 13.6. The third kappa shape index (κ3) is 5.62. The predicted molar refractivity (Wildman–Crippen MR) is 157 cm³/mol. The lowest BCUT2D eigenvalue weighted by atomic mass is 9.95. The number of imidazole rings is 1. The van der Waals surface area contributed by atoms with Gasteiger partial charge in [0.15, 0.2) is 28.7 Å². The fourth-order valence-corrected chi connectivity index (χ4v) is 5.23. The van der Waals surface area contributed by atoms with E-state index in [1.54, 1.807) is 97.9 Å². The van der Waals surface area contributed by atoms with Gasteiger partial charge in [-0.2, -0.15) is 0 Å². The normalized spacial score (nSPS) is 21.1. The standard InChI is InChI=1S/C32H25ClN4O7/c1-32(44-30(40)22-15-9-4-10-16-22)25(43-29(39)21-13-7-3-8-14-21)23(17-41-28(38)20-11-5-2-6-12-20)42-31(32)37-19-36-24-26(33)34-18-35-27(24)37/h2-16,18-19,23,25,31H,17H2,1H3/t23?,25?,31?,32-/m1/s1. The van der Waals surface area contributed by atoms with Gasteiger partial charge >= 0.3 is 17.9 Å². The van der Waals surface area contributed by atoms with Crippen LogP contribution in [0.1, 0.15) is 44.2 Å². The first-order valence-corrected chi connectivity index (χ1v) is 14.0. The molecule has 0 amide bonds. The van der Waals surface area contributed by atoms with Gasteiger partial charge in [-0.15, -0.1) is 0 Å². The predicted octanol–water partition coefficient (Wildman–Crippen LogP) is 5.08. The van der Waals surface area contributed by atoms with Crippen molar-refractivity contribution in [2.45, 2.75) is 31.0 Å². The highest BCUT2D eigenvalue weighted by Gasteiger charge is 2.60. The first-order chi connectivity index (χ1) is 21.3. The maximum atomic E-state index is 13.5. The maximum Gasteiger partial charge on any atom is 0.338 e. The van der Waals surface area contributed by atoms with Crippen LogP contribution < -0.4 is 0 Å². The molecule has 1 aliphatic heterocycles. The summed E-state index contributed by atoms with van der Waals surface area (Å²) >= 11 is 6.27. The van der Waals surface area contributed by atoms with Crippen LogP contribution in [-0.2, 0) is 18.9 Å². The summed E-state index contributed by atoms with van der Waals surface area (Å²) in [6, 6.07) is 25.1. The van der Waals surface area contributed by atoms with Gasteiger partial charge in [0, 0.05) is 0 Å². The highest BCUT2D eigenvalue weighted by molar-refractivity contribution is 6.33. The van der Waals surface area contributed by atoms with Crippen molar-refractivity contribution in [1.82, 2.24) is 19.5 Å². The van der Waals surface area contributed by atoms with Crippen LogP contribution in [0.15, 0.2) is 104 Å². The number of nitrogens with zero attached hydrogens (tertiary/aromatic N) is 4. The lowest BCUT2D eigenvalue weighted by Crippen LogP contribution is -2.50. The molecule has 44 heavy (non-hydrogen) atoms. The molecule has 1 saturated heterocycles. The van der Waals surface area contributed by atoms with Gasteiger partial charge in [-0.3, -0.25) is 4.57 Å².